The van der Waals surface area contributed by atoms with Crippen molar-refractivity contribution in [2.45, 2.75) is 76.4 Å². The second kappa shape index (κ2) is 8.57. The van der Waals surface area contributed by atoms with Gasteiger partial charge in [-0.3, -0.25) is 14.2 Å². The van der Waals surface area contributed by atoms with Gasteiger partial charge in [0.1, 0.15) is 4.83 Å². The SMILES string of the molecule is CCC(C)n1c(SCC(=O)NCC2CC2)nc2sc3c(c2c1=O)CCCCC3. The highest BCUT2D eigenvalue weighted by molar-refractivity contribution is 7.99. The smallest absolute Gasteiger partial charge is 0.263 e. The normalized spacial score (nSPS) is 17.9. The quantitative estimate of drug-likeness (QED) is 0.412. The molecule has 2 aromatic heterocycles. The van der Waals surface area contributed by atoms with Crippen LogP contribution in [0.5, 0.6) is 0 Å². The van der Waals surface area contributed by atoms with Gasteiger partial charge in [0.25, 0.3) is 5.56 Å². The summed E-state index contributed by atoms with van der Waals surface area (Å²) in [6.07, 6.45) is 8.94. The highest BCUT2D eigenvalue weighted by Crippen LogP contribution is 2.35. The molecule has 0 aromatic carbocycles. The maximum Gasteiger partial charge on any atom is 0.263 e. The molecule has 0 bridgehead atoms. The lowest BCUT2D eigenvalue weighted by Gasteiger charge is -2.17. The lowest BCUT2D eigenvalue weighted by atomic mass is 10.1. The number of amides is 1. The van der Waals surface area contributed by atoms with Gasteiger partial charge in [-0.2, -0.15) is 0 Å². The van der Waals surface area contributed by atoms with Gasteiger partial charge in [-0.1, -0.05) is 25.1 Å². The fourth-order valence-corrected chi connectivity index (χ4v) is 6.04. The molecule has 1 saturated carbocycles. The van der Waals surface area contributed by atoms with E-state index in [1.165, 1.54) is 47.9 Å². The van der Waals surface area contributed by atoms with E-state index >= 15 is 0 Å². The minimum Gasteiger partial charge on any atom is -0.355 e. The third-order valence-corrected chi connectivity index (χ3v) is 8.03. The lowest BCUT2D eigenvalue weighted by molar-refractivity contribution is -0.118. The summed E-state index contributed by atoms with van der Waals surface area (Å²) in [5.41, 5.74) is 1.32. The van der Waals surface area contributed by atoms with Gasteiger partial charge in [0, 0.05) is 17.5 Å². The predicted molar refractivity (Wildman–Crippen MR) is 117 cm³/mol. The van der Waals surface area contributed by atoms with Crippen LogP contribution >= 0.6 is 23.1 Å². The van der Waals surface area contributed by atoms with Crippen molar-refractivity contribution in [1.29, 1.82) is 0 Å². The van der Waals surface area contributed by atoms with Gasteiger partial charge in [0.15, 0.2) is 5.16 Å². The van der Waals surface area contributed by atoms with Crippen molar-refractivity contribution in [1.82, 2.24) is 14.9 Å². The number of carbonyl (C=O) groups is 1. The molecule has 2 aliphatic carbocycles. The van der Waals surface area contributed by atoms with Crippen LogP contribution in [0.25, 0.3) is 10.2 Å². The van der Waals surface area contributed by atoms with Crippen LogP contribution in [0.3, 0.4) is 0 Å². The lowest BCUT2D eigenvalue weighted by Crippen LogP contribution is -2.29. The van der Waals surface area contributed by atoms with E-state index in [-0.39, 0.29) is 17.5 Å². The second-order valence-corrected chi connectivity index (χ2v) is 10.1. The number of rotatable bonds is 7. The first-order chi connectivity index (χ1) is 13.6. The summed E-state index contributed by atoms with van der Waals surface area (Å²) in [5, 5.41) is 4.53. The van der Waals surface area contributed by atoms with Crippen LogP contribution in [0.15, 0.2) is 9.95 Å². The maximum atomic E-state index is 13.5. The molecule has 152 valence electrons. The molecule has 1 unspecified atom stereocenters. The number of aryl methyl sites for hydroxylation is 2. The van der Waals surface area contributed by atoms with E-state index in [9.17, 15) is 9.59 Å². The van der Waals surface area contributed by atoms with Crippen LogP contribution in [-0.4, -0.2) is 27.8 Å². The Labute approximate surface area is 174 Å². The van der Waals surface area contributed by atoms with Crippen LogP contribution in [-0.2, 0) is 17.6 Å². The third-order valence-electron chi connectivity index (χ3n) is 5.89. The molecule has 4 rings (SSSR count). The number of nitrogens with one attached hydrogen (secondary N) is 1. The minimum atomic E-state index is 0.0314. The van der Waals surface area contributed by atoms with Crippen LogP contribution in [0.1, 0.15) is 68.9 Å². The molecular formula is C21H29N3O2S2. The summed E-state index contributed by atoms with van der Waals surface area (Å²) in [4.78, 5) is 32.8. The first kappa shape index (κ1) is 20.0. The fraction of sp³-hybridized carbons (Fsp3) is 0.667. The van der Waals surface area contributed by atoms with Gasteiger partial charge in [0.2, 0.25) is 5.91 Å². The van der Waals surface area contributed by atoms with Gasteiger partial charge < -0.3 is 5.32 Å². The Morgan fingerprint density at radius 1 is 1.32 bits per heavy atom. The van der Waals surface area contributed by atoms with Gasteiger partial charge in [-0.25, -0.2) is 4.98 Å². The molecule has 0 radical (unpaired) electrons. The number of fused-ring (bicyclic) bond motifs is 3. The Morgan fingerprint density at radius 3 is 2.86 bits per heavy atom. The number of nitrogens with zero attached hydrogens (tertiary/aromatic N) is 2. The molecule has 1 amide bonds. The molecule has 2 heterocycles. The van der Waals surface area contributed by atoms with Gasteiger partial charge >= 0.3 is 0 Å². The van der Waals surface area contributed by atoms with Crippen molar-refractivity contribution in [2.75, 3.05) is 12.3 Å². The predicted octanol–water partition coefficient (Wildman–Crippen LogP) is 4.32. The first-order valence-electron chi connectivity index (χ1n) is 10.5. The standard InChI is InChI=1S/C21H29N3O2S2/c1-3-13(2)24-20(26)18-15-7-5-4-6-8-16(15)28-19(18)23-21(24)27-12-17(25)22-11-14-9-10-14/h13-14H,3-12H2,1-2H3,(H,22,25). The van der Waals surface area contributed by atoms with Crippen molar-refractivity contribution in [3.8, 4) is 0 Å². The van der Waals surface area contributed by atoms with Crippen molar-refractivity contribution in [3.63, 3.8) is 0 Å². The van der Waals surface area contributed by atoms with Crippen molar-refractivity contribution in [2.24, 2.45) is 5.92 Å². The van der Waals surface area contributed by atoms with Crippen molar-refractivity contribution < 1.29 is 4.79 Å². The topological polar surface area (TPSA) is 64.0 Å². The Bertz CT molecular complexity index is 930. The molecule has 0 spiro atoms. The Balaban J connectivity index is 1.66. The summed E-state index contributed by atoms with van der Waals surface area (Å²) in [6, 6.07) is 0.0720. The van der Waals surface area contributed by atoms with Crippen LogP contribution in [0, 0.1) is 5.92 Å². The van der Waals surface area contributed by atoms with Crippen LogP contribution in [0.4, 0.5) is 0 Å². The summed E-state index contributed by atoms with van der Waals surface area (Å²) in [5.74, 6) is 1.01. The Hall–Kier alpha value is -1.34. The summed E-state index contributed by atoms with van der Waals surface area (Å²) in [7, 11) is 0. The molecule has 0 saturated heterocycles. The van der Waals surface area contributed by atoms with Crippen LogP contribution < -0.4 is 10.9 Å². The molecule has 2 aliphatic rings. The summed E-state index contributed by atoms with van der Waals surface area (Å²) in [6.45, 7) is 4.94. The minimum absolute atomic E-state index is 0.0314. The molecule has 7 heteroatoms. The zero-order chi connectivity index (χ0) is 19.7. The first-order valence-corrected chi connectivity index (χ1v) is 12.3. The second-order valence-electron chi connectivity index (χ2n) is 8.11. The van der Waals surface area contributed by atoms with Crippen molar-refractivity contribution in [3.05, 3.63) is 20.8 Å². The van der Waals surface area contributed by atoms with E-state index in [4.69, 9.17) is 4.98 Å². The molecule has 1 fully saturated rings. The molecular weight excluding hydrogens is 390 g/mol. The molecule has 5 nitrogen and oxygen atoms in total. The zero-order valence-electron chi connectivity index (χ0n) is 16.8. The van der Waals surface area contributed by atoms with Gasteiger partial charge in [0.05, 0.1) is 11.1 Å². The zero-order valence-corrected chi connectivity index (χ0v) is 18.4. The maximum absolute atomic E-state index is 13.5. The summed E-state index contributed by atoms with van der Waals surface area (Å²) >= 11 is 3.08. The molecule has 28 heavy (non-hydrogen) atoms. The number of hydrogen-bond acceptors (Lipinski definition) is 5. The largest absolute Gasteiger partial charge is 0.355 e. The van der Waals surface area contributed by atoms with Crippen LogP contribution in [0.2, 0.25) is 0 Å². The van der Waals surface area contributed by atoms with Crippen molar-refractivity contribution >= 4 is 39.2 Å². The number of thiophene rings is 1. The van der Waals surface area contributed by atoms with Gasteiger partial charge in [-0.15, -0.1) is 11.3 Å². The number of thioether (sulfide) groups is 1. The van der Waals surface area contributed by atoms with E-state index in [0.29, 0.717) is 16.8 Å². The fourth-order valence-electron chi connectivity index (χ4n) is 3.81. The number of hydrogen-bond donors (Lipinski definition) is 1. The molecule has 0 aliphatic heterocycles. The number of aromatic nitrogens is 2. The van der Waals surface area contributed by atoms with Gasteiger partial charge in [-0.05, 0) is 63.4 Å². The molecule has 1 N–H and O–H groups in total. The highest BCUT2D eigenvalue weighted by atomic mass is 32.2. The van der Waals surface area contributed by atoms with E-state index in [0.717, 1.165) is 42.4 Å². The third kappa shape index (κ3) is 4.15. The molecule has 2 aromatic rings. The van der Waals surface area contributed by atoms with E-state index in [1.807, 2.05) is 4.57 Å². The Kier molecular flexibility index (Phi) is 6.11. The van der Waals surface area contributed by atoms with E-state index < -0.39 is 0 Å². The average molecular weight is 420 g/mol. The van der Waals surface area contributed by atoms with E-state index in [2.05, 4.69) is 19.2 Å². The monoisotopic (exact) mass is 419 g/mol. The average Bonchev–Trinajstić information content (AvgIpc) is 3.48. The highest BCUT2D eigenvalue weighted by Gasteiger charge is 2.24. The number of carbonyl (C=O) groups excluding carboxylic acids is 1. The van der Waals surface area contributed by atoms with E-state index in [1.54, 1.807) is 11.3 Å². The molecule has 1 atom stereocenters. The summed E-state index contributed by atoms with van der Waals surface area (Å²) < 4.78 is 1.83. The Morgan fingerprint density at radius 2 is 2.11 bits per heavy atom.